The van der Waals surface area contributed by atoms with Crippen LogP contribution in [0.15, 0.2) is 42.6 Å². The predicted octanol–water partition coefficient (Wildman–Crippen LogP) is 2.63. The standard InChI is InChI=1S/C17H20FN3O2/c1-19-10-2-3-16(22)20-11-13-4-9-17(21-12-13)23-15-7-5-14(18)6-8-15/h4-9,12,19H,2-3,10-11H2,1H3,(H,20,22). The quantitative estimate of drug-likeness (QED) is 0.735. The van der Waals surface area contributed by atoms with E-state index < -0.39 is 0 Å². The third kappa shape index (κ3) is 6.04. The van der Waals surface area contributed by atoms with Crippen molar-refractivity contribution in [1.82, 2.24) is 15.6 Å². The van der Waals surface area contributed by atoms with Crippen molar-refractivity contribution >= 4 is 5.91 Å². The summed E-state index contributed by atoms with van der Waals surface area (Å²) >= 11 is 0. The van der Waals surface area contributed by atoms with Gasteiger partial charge >= 0.3 is 0 Å². The Labute approximate surface area is 134 Å². The predicted molar refractivity (Wildman–Crippen MR) is 85.7 cm³/mol. The molecule has 0 saturated heterocycles. The lowest BCUT2D eigenvalue weighted by atomic mass is 10.2. The molecule has 2 aromatic rings. The molecule has 1 aromatic carbocycles. The van der Waals surface area contributed by atoms with Gasteiger partial charge in [0.15, 0.2) is 0 Å². The molecular weight excluding hydrogens is 297 g/mol. The molecule has 5 nitrogen and oxygen atoms in total. The van der Waals surface area contributed by atoms with Gasteiger partial charge in [-0.15, -0.1) is 0 Å². The van der Waals surface area contributed by atoms with Crippen LogP contribution >= 0.6 is 0 Å². The van der Waals surface area contributed by atoms with E-state index in [0.29, 0.717) is 24.6 Å². The molecule has 0 atom stereocenters. The summed E-state index contributed by atoms with van der Waals surface area (Å²) in [6, 6.07) is 9.28. The number of halogens is 1. The van der Waals surface area contributed by atoms with E-state index >= 15 is 0 Å². The molecule has 0 aliphatic heterocycles. The number of amides is 1. The van der Waals surface area contributed by atoms with Crippen LogP contribution in [0, 0.1) is 5.82 Å². The van der Waals surface area contributed by atoms with Crippen molar-refractivity contribution in [3.8, 4) is 11.6 Å². The lowest BCUT2D eigenvalue weighted by Gasteiger charge is -2.07. The maximum atomic E-state index is 12.8. The van der Waals surface area contributed by atoms with Gasteiger partial charge in [0.05, 0.1) is 0 Å². The number of carbonyl (C=O) groups is 1. The summed E-state index contributed by atoms with van der Waals surface area (Å²) in [5.41, 5.74) is 0.887. The van der Waals surface area contributed by atoms with Crippen molar-refractivity contribution in [2.24, 2.45) is 0 Å². The smallest absolute Gasteiger partial charge is 0.220 e. The molecule has 1 amide bonds. The first-order chi connectivity index (χ1) is 11.2. The minimum absolute atomic E-state index is 0.0203. The van der Waals surface area contributed by atoms with Gasteiger partial charge in [-0.25, -0.2) is 9.37 Å². The first kappa shape index (κ1) is 16.9. The Morgan fingerprint density at radius 3 is 2.65 bits per heavy atom. The fourth-order valence-electron chi connectivity index (χ4n) is 1.91. The van der Waals surface area contributed by atoms with Crippen LogP contribution in [0.4, 0.5) is 4.39 Å². The minimum Gasteiger partial charge on any atom is -0.439 e. The summed E-state index contributed by atoms with van der Waals surface area (Å²) in [5.74, 6) is 0.642. The van der Waals surface area contributed by atoms with Gasteiger partial charge in [0.25, 0.3) is 0 Å². The zero-order chi connectivity index (χ0) is 16.5. The Morgan fingerprint density at radius 2 is 2.00 bits per heavy atom. The largest absolute Gasteiger partial charge is 0.439 e. The van der Waals surface area contributed by atoms with Crippen LogP contribution in [0.5, 0.6) is 11.6 Å². The van der Waals surface area contributed by atoms with Crippen molar-refractivity contribution in [3.05, 3.63) is 54.0 Å². The molecule has 23 heavy (non-hydrogen) atoms. The van der Waals surface area contributed by atoms with E-state index in [9.17, 15) is 9.18 Å². The third-order valence-corrected chi connectivity index (χ3v) is 3.15. The second kappa shape index (κ2) is 8.85. The summed E-state index contributed by atoms with van der Waals surface area (Å²) in [6.07, 6.45) is 2.96. The molecule has 1 heterocycles. The molecule has 0 aliphatic carbocycles. The molecule has 0 spiro atoms. The Bertz CT molecular complexity index is 615. The van der Waals surface area contributed by atoms with E-state index in [2.05, 4.69) is 15.6 Å². The topological polar surface area (TPSA) is 63.2 Å². The second-order valence-electron chi connectivity index (χ2n) is 5.04. The molecule has 0 unspecified atom stereocenters. The van der Waals surface area contributed by atoms with Crippen molar-refractivity contribution in [3.63, 3.8) is 0 Å². The maximum absolute atomic E-state index is 12.8. The molecule has 122 valence electrons. The SMILES string of the molecule is CNCCCC(=O)NCc1ccc(Oc2ccc(F)cc2)nc1. The number of nitrogens with one attached hydrogen (secondary N) is 2. The molecule has 0 bridgehead atoms. The zero-order valence-corrected chi connectivity index (χ0v) is 13.0. The number of carbonyl (C=O) groups excluding carboxylic acids is 1. The second-order valence-corrected chi connectivity index (χ2v) is 5.04. The van der Waals surface area contributed by atoms with Crippen LogP contribution in [0.25, 0.3) is 0 Å². The number of ether oxygens (including phenoxy) is 1. The van der Waals surface area contributed by atoms with Gasteiger partial charge in [0.2, 0.25) is 11.8 Å². The number of hydrogen-bond donors (Lipinski definition) is 2. The van der Waals surface area contributed by atoms with Gasteiger partial charge in [-0.05, 0) is 49.8 Å². The van der Waals surface area contributed by atoms with Crippen LogP contribution < -0.4 is 15.4 Å². The summed E-state index contributed by atoms with van der Waals surface area (Å²) < 4.78 is 18.3. The van der Waals surface area contributed by atoms with Crippen LogP contribution in [-0.4, -0.2) is 24.5 Å². The zero-order valence-electron chi connectivity index (χ0n) is 13.0. The number of benzene rings is 1. The average Bonchev–Trinajstić information content (AvgIpc) is 2.57. The monoisotopic (exact) mass is 317 g/mol. The molecule has 2 N–H and O–H groups in total. The maximum Gasteiger partial charge on any atom is 0.220 e. The van der Waals surface area contributed by atoms with Gasteiger partial charge in [0.1, 0.15) is 11.6 Å². The summed E-state index contributed by atoms with van der Waals surface area (Å²) in [5, 5.41) is 5.85. The highest BCUT2D eigenvalue weighted by molar-refractivity contribution is 5.75. The summed E-state index contributed by atoms with van der Waals surface area (Å²) in [7, 11) is 1.86. The fraction of sp³-hybridized carbons (Fsp3) is 0.294. The van der Waals surface area contributed by atoms with Gasteiger partial charge in [-0.1, -0.05) is 6.07 Å². The molecular formula is C17H20FN3O2. The highest BCUT2D eigenvalue weighted by atomic mass is 19.1. The normalized spacial score (nSPS) is 10.3. The van der Waals surface area contributed by atoms with Crippen LogP contribution in [0.1, 0.15) is 18.4 Å². The Morgan fingerprint density at radius 1 is 1.22 bits per heavy atom. The van der Waals surface area contributed by atoms with Crippen LogP contribution in [0.3, 0.4) is 0 Å². The lowest BCUT2D eigenvalue weighted by molar-refractivity contribution is -0.121. The van der Waals surface area contributed by atoms with Crippen LogP contribution in [0.2, 0.25) is 0 Å². The van der Waals surface area contributed by atoms with E-state index in [1.54, 1.807) is 12.3 Å². The van der Waals surface area contributed by atoms with Crippen LogP contribution in [-0.2, 0) is 11.3 Å². The van der Waals surface area contributed by atoms with Crippen molar-refractivity contribution in [1.29, 1.82) is 0 Å². The van der Waals surface area contributed by atoms with Gasteiger partial charge < -0.3 is 15.4 Å². The number of aromatic nitrogens is 1. The van der Waals surface area contributed by atoms with Gasteiger partial charge in [0, 0.05) is 25.2 Å². The highest BCUT2D eigenvalue weighted by Crippen LogP contribution is 2.19. The van der Waals surface area contributed by atoms with E-state index in [1.807, 2.05) is 13.1 Å². The number of nitrogens with zero attached hydrogens (tertiary/aromatic N) is 1. The van der Waals surface area contributed by atoms with Crippen molar-refractivity contribution in [2.45, 2.75) is 19.4 Å². The Hall–Kier alpha value is -2.47. The molecule has 0 fully saturated rings. The Balaban J connectivity index is 1.80. The Kier molecular flexibility index (Phi) is 6.50. The molecule has 0 radical (unpaired) electrons. The minimum atomic E-state index is -0.314. The summed E-state index contributed by atoms with van der Waals surface area (Å²) in [6.45, 7) is 1.26. The van der Waals surface area contributed by atoms with E-state index in [0.717, 1.165) is 18.5 Å². The number of hydrogen-bond acceptors (Lipinski definition) is 4. The highest BCUT2D eigenvalue weighted by Gasteiger charge is 2.03. The first-order valence-corrected chi connectivity index (χ1v) is 7.47. The van der Waals surface area contributed by atoms with Crippen molar-refractivity contribution < 1.29 is 13.9 Å². The summed E-state index contributed by atoms with van der Waals surface area (Å²) in [4.78, 5) is 15.8. The third-order valence-electron chi connectivity index (χ3n) is 3.15. The van der Waals surface area contributed by atoms with E-state index in [1.165, 1.54) is 24.3 Å². The molecule has 0 aliphatic rings. The fourth-order valence-corrected chi connectivity index (χ4v) is 1.91. The molecule has 2 rings (SSSR count). The van der Waals surface area contributed by atoms with Gasteiger partial charge in [-0.3, -0.25) is 4.79 Å². The van der Waals surface area contributed by atoms with E-state index in [-0.39, 0.29) is 11.7 Å². The number of pyridine rings is 1. The van der Waals surface area contributed by atoms with Crippen molar-refractivity contribution in [2.75, 3.05) is 13.6 Å². The molecule has 0 saturated carbocycles. The average molecular weight is 317 g/mol. The molecule has 1 aromatic heterocycles. The first-order valence-electron chi connectivity index (χ1n) is 7.47. The molecule has 6 heteroatoms. The number of rotatable bonds is 8. The van der Waals surface area contributed by atoms with E-state index in [4.69, 9.17) is 4.74 Å². The lowest BCUT2D eigenvalue weighted by Crippen LogP contribution is -2.23. The van der Waals surface area contributed by atoms with Gasteiger partial charge in [-0.2, -0.15) is 0 Å².